The number of primary amides is 1. The van der Waals surface area contributed by atoms with E-state index in [-0.39, 0.29) is 12.4 Å². The number of hydrogen-bond donors (Lipinski definition) is 2. The van der Waals surface area contributed by atoms with Gasteiger partial charge in [-0.1, -0.05) is 12.1 Å². The normalized spacial score (nSPS) is 18.2. The number of nitrogens with two attached hydrogens (primary N) is 1. The maximum absolute atomic E-state index is 12.3. The number of para-hydroxylation sites is 1. The number of amides is 2. The third kappa shape index (κ3) is 3.21. The highest BCUT2D eigenvalue weighted by atomic mass is 19.4. The standard InChI is InChI=1S/C11H11F3N2O3/c12-11(13,14)19-8-3-1-2-6-7(16-10(15)17)4-5-18-9(6)8/h1-3,7H,4-5H2,(H3,15,16,17)/t7-/m1/s1. The van der Waals surface area contributed by atoms with E-state index in [4.69, 9.17) is 10.5 Å². The Hall–Kier alpha value is -2.12. The summed E-state index contributed by atoms with van der Waals surface area (Å²) in [5.41, 5.74) is 5.43. The number of carbonyl (C=O) groups excluding carboxylic acids is 1. The van der Waals surface area contributed by atoms with Crippen molar-refractivity contribution in [2.24, 2.45) is 5.73 Å². The Morgan fingerprint density at radius 1 is 1.47 bits per heavy atom. The molecule has 1 aromatic rings. The lowest BCUT2D eigenvalue weighted by molar-refractivity contribution is -0.275. The molecule has 2 amide bonds. The van der Waals surface area contributed by atoms with Gasteiger partial charge < -0.3 is 20.5 Å². The van der Waals surface area contributed by atoms with Crippen LogP contribution in [-0.4, -0.2) is 19.0 Å². The Bertz CT molecular complexity index is 491. The number of urea groups is 1. The van der Waals surface area contributed by atoms with Crippen LogP contribution in [0.2, 0.25) is 0 Å². The zero-order chi connectivity index (χ0) is 14.0. The zero-order valence-corrected chi connectivity index (χ0v) is 9.66. The molecule has 104 valence electrons. The third-order valence-corrected chi connectivity index (χ3v) is 2.58. The van der Waals surface area contributed by atoms with Crippen molar-refractivity contribution in [3.63, 3.8) is 0 Å². The Labute approximate surface area is 106 Å². The van der Waals surface area contributed by atoms with Gasteiger partial charge in [-0.15, -0.1) is 13.2 Å². The fourth-order valence-corrected chi connectivity index (χ4v) is 1.92. The molecule has 0 aliphatic carbocycles. The molecule has 1 aliphatic rings. The van der Waals surface area contributed by atoms with E-state index in [0.717, 1.165) is 6.07 Å². The van der Waals surface area contributed by atoms with Crippen LogP contribution < -0.4 is 20.5 Å². The van der Waals surface area contributed by atoms with Gasteiger partial charge in [-0.3, -0.25) is 0 Å². The molecule has 0 saturated carbocycles. The molecule has 19 heavy (non-hydrogen) atoms. The summed E-state index contributed by atoms with van der Waals surface area (Å²) in [5.74, 6) is -0.453. The molecule has 1 heterocycles. The van der Waals surface area contributed by atoms with Crippen LogP contribution in [0.25, 0.3) is 0 Å². The molecule has 8 heteroatoms. The van der Waals surface area contributed by atoms with E-state index in [1.807, 2.05) is 0 Å². The number of alkyl halides is 3. The lowest BCUT2D eigenvalue weighted by Crippen LogP contribution is -2.36. The van der Waals surface area contributed by atoms with Crippen LogP contribution in [0, 0.1) is 0 Å². The summed E-state index contributed by atoms with van der Waals surface area (Å²) in [6.45, 7) is 0.163. The van der Waals surface area contributed by atoms with E-state index >= 15 is 0 Å². The molecule has 3 N–H and O–H groups in total. The molecule has 0 bridgehead atoms. The van der Waals surface area contributed by atoms with Gasteiger partial charge in [0, 0.05) is 12.0 Å². The van der Waals surface area contributed by atoms with E-state index in [9.17, 15) is 18.0 Å². The largest absolute Gasteiger partial charge is 0.573 e. The Morgan fingerprint density at radius 2 is 2.21 bits per heavy atom. The van der Waals surface area contributed by atoms with Gasteiger partial charge in [-0.25, -0.2) is 4.79 Å². The number of rotatable bonds is 2. The second kappa shape index (κ2) is 4.87. The average molecular weight is 276 g/mol. The molecule has 5 nitrogen and oxygen atoms in total. The summed E-state index contributed by atoms with van der Waals surface area (Å²) in [6.07, 6.45) is -4.38. The lowest BCUT2D eigenvalue weighted by atomic mass is 10.0. The fraction of sp³-hybridized carbons (Fsp3) is 0.364. The van der Waals surface area contributed by atoms with E-state index in [0.29, 0.717) is 12.0 Å². The number of fused-ring (bicyclic) bond motifs is 1. The molecule has 0 spiro atoms. The summed E-state index contributed by atoms with van der Waals surface area (Å²) in [6, 6.07) is 2.86. The minimum atomic E-state index is -4.80. The highest BCUT2D eigenvalue weighted by Gasteiger charge is 2.34. The monoisotopic (exact) mass is 276 g/mol. The van der Waals surface area contributed by atoms with Crippen molar-refractivity contribution in [2.45, 2.75) is 18.8 Å². The molecule has 1 aromatic carbocycles. The summed E-state index contributed by atoms with van der Waals surface area (Å²) in [7, 11) is 0. The van der Waals surface area contributed by atoms with E-state index < -0.39 is 24.2 Å². The first-order chi connectivity index (χ1) is 8.87. The number of carbonyl (C=O) groups is 1. The van der Waals surface area contributed by atoms with Gasteiger partial charge in [-0.05, 0) is 6.07 Å². The number of ether oxygens (including phenoxy) is 2. The van der Waals surface area contributed by atoms with Gasteiger partial charge in [0.05, 0.1) is 12.6 Å². The molecule has 0 unspecified atom stereocenters. The van der Waals surface area contributed by atoms with Crippen LogP contribution in [0.4, 0.5) is 18.0 Å². The predicted octanol–water partition coefficient (Wildman–Crippen LogP) is 2.08. The Kier molecular flexibility index (Phi) is 3.41. The van der Waals surface area contributed by atoms with Gasteiger partial charge in [0.15, 0.2) is 11.5 Å². The number of nitrogens with one attached hydrogen (secondary N) is 1. The SMILES string of the molecule is NC(=O)N[C@@H]1CCOc2c(OC(F)(F)F)cccc21. The van der Waals surface area contributed by atoms with Gasteiger partial charge in [0.2, 0.25) is 0 Å². The van der Waals surface area contributed by atoms with Crippen LogP contribution in [0.3, 0.4) is 0 Å². The summed E-state index contributed by atoms with van der Waals surface area (Å²) in [5, 5.41) is 2.45. The Morgan fingerprint density at radius 3 is 2.84 bits per heavy atom. The van der Waals surface area contributed by atoms with Crippen LogP contribution >= 0.6 is 0 Å². The van der Waals surface area contributed by atoms with Gasteiger partial charge in [0.25, 0.3) is 0 Å². The molecule has 1 atom stereocenters. The van der Waals surface area contributed by atoms with Crippen molar-refractivity contribution in [2.75, 3.05) is 6.61 Å². The van der Waals surface area contributed by atoms with Crippen LogP contribution in [0.15, 0.2) is 18.2 Å². The first kappa shape index (κ1) is 13.3. The van der Waals surface area contributed by atoms with E-state index in [1.54, 1.807) is 6.07 Å². The molecule has 2 rings (SSSR count). The molecule has 1 aliphatic heterocycles. The maximum atomic E-state index is 12.3. The first-order valence-corrected chi connectivity index (χ1v) is 5.44. The van der Waals surface area contributed by atoms with Gasteiger partial charge in [-0.2, -0.15) is 0 Å². The lowest BCUT2D eigenvalue weighted by Gasteiger charge is -2.27. The molecule has 0 aromatic heterocycles. The average Bonchev–Trinajstić information content (AvgIpc) is 2.27. The highest BCUT2D eigenvalue weighted by Crippen LogP contribution is 2.41. The van der Waals surface area contributed by atoms with Crippen molar-refractivity contribution < 1.29 is 27.4 Å². The second-order valence-electron chi connectivity index (χ2n) is 3.92. The Balaban J connectivity index is 2.33. The van der Waals surface area contributed by atoms with Gasteiger partial charge >= 0.3 is 12.4 Å². The number of benzene rings is 1. The maximum Gasteiger partial charge on any atom is 0.573 e. The van der Waals surface area contributed by atoms with Gasteiger partial charge in [0.1, 0.15) is 0 Å². The summed E-state index contributed by atoms with van der Waals surface area (Å²) in [4.78, 5) is 10.9. The van der Waals surface area contributed by atoms with E-state index in [1.165, 1.54) is 6.07 Å². The van der Waals surface area contributed by atoms with Crippen molar-refractivity contribution in [1.29, 1.82) is 0 Å². The molecular weight excluding hydrogens is 265 g/mol. The third-order valence-electron chi connectivity index (χ3n) is 2.58. The quantitative estimate of drug-likeness (QED) is 0.868. The van der Waals surface area contributed by atoms with Crippen LogP contribution in [-0.2, 0) is 0 Å². The summed E-state index contributed by atoms with van der Waals surface area (Å²) < 4.78 is 45.8. The van der Waals surface area contributed by atoms with Crippen molar-refractivity contribution in [3.8, 4) is 11.5 Å². The number of hydrogen-bond acceptors (Lipinski definition) is 3. The zero-order valence-electron chi connectivity index (χ0n) is 9.66. The van der Waals surface area contributed by atoms with Crippen molar-refractivity contribution >= 4 is 6.03 Å². The number of halogens is 3. The van der Waals surface area contributed by atoms with Crippen LogP contribution in [0.5, 0.6) is 11.5 Å². The molecule has 0 radical (unpaired) electrons. The summed E-state index contributed by atoms with van der Waals surface area (Å²) >= 11 is 0. The minimum absolute atomic E-state index is 0.0233. The second-order valence-corrected chi connectivity index (χ2v) is 3.92. The molecule has 0 fully saturated rings. The molecule has 0 saturated heterocycles. The van der Waals surface area contributed by atoms with Crippen molar-refractivity contribution in [1.82, 2.24) is 5.32 Å². The van der Waals surface area contributed by atoms with E-state index in [2.05, 4.69) is 10.1 Å². The highest BCUT2D eigenvalue weighted by molar-refractivity contribution is 5.72. The molecular formula is C11H11F3N2O3. The fourth-order valence-electron chi connectivity index (χ4n) is 1.92. The van der Waals surface area contributed by atoms with Crippen molar-refractivity contribution in [3.05, 3.63) is 23.8 Å². The van der Waals surface area contributed by atoms with Crippen LogP contribution in [0.1, 0.15) is 18.0 Å². The first-order valence-electron chi connectivity index (χ1n) is 5.44. The minimum Gasteiger partial charge on any atom is -0.489 e. The predicted molar refractivity (Wildman–Crippen MR) is 58.7 cm³/mol. The topological polar surface area (TPSA) is 73.6 Å². The smallest absolute Gasteiger partial charge is 0.489 e.